The van der Waals surface area contributed by atoms with Crippen LogP contribution in [0.15, 0.2) is 95.9 Å². The van der Waals surface area contributed by atoms with Crippen molar-refractivity contribution >= 4 is 35.0 Å². The van der Waals surface area contributed by atoms with Crippen molar-refractivity contribution in [3.05, 3.63) is 102 Å². The molecule has 2 amide bonds. The second-order valence-corrected chi connectivity index (χ2v) is 12.8. The van der Waals surface area contributed by atoms with Gasteiger partial charge < -0.3 is 26.7 Å². The summed E-state index contributed by atoms with van der Waals surface area (Å²) in [6.45, 7) is 0.306. The molecule has 1 aliphatic rings. The van der Waals surface area contributed by atoms with Crippen molar-refractivity contribution in [3.8, 4) is 0 Å². The van der Waals surface area contributed by atoms with Crippen molar-refractivity contribution in [2.24, 2.45) is 11.1 Å². The fraction of sp³-hybridized carbons (Fsp3) is 0.344. The van der Waals surface area contributed by atoms with E-state index in [-0.39, 0.29) is 41.8 Å². The minimum atomic E-state index is -4.16. The molecule has 45 heavy (non-hydrogen) atoms. The van der Waals surface area contributed by atoms with Crippen LogP contribution in [0.2, 0.25) is 6.32 Å². The van der Waals surface area contributed by atoms with E-state index in [0.717, 1.165) is 11.1 Å². The Balaban J connectivity index is 1.39. The Morgan fingerprint density at radius 3 is 1.96 bits per heavy atom. The van der Waals surface area contributed by atoms with Crippen molar-refractivity contribution in [3.63, 3.8) is 0 Å². The fourth-order valence-corrected chi connectivity index (χ4v) is 6.69. The number of amides is 2. The van der Waals surface area contributed by atoms with Gasteiger partial charge in [0, 0.05) is 12.5 Å². The van der Waals surface area contributed by atoms with E-state index in [1.165, 1.54) is 12.1 Å². The van der Waals surface area contributed by atoms with Crippen molar-refractivity contribution in [1.82, 2.24) is 16.0 Å². The number of hydrogen-bond donors (Lipinski definition) is 6. The number of hydrogen-bond acceptors (Lipinski definition) is 7. The predicted molar refractivity (Wildman–Crippen MR) is 172 cm³/mol. The van der Waals surface area contributed by atoms with E-state index in [2.05, 4.69) is 16.0 Å². The van der Waals surface area contributed by atoms with Crippen LogP contribution in [0.5, 0.6) is 0 Å². The van der Waals surface area contributed by atoms with Crippen molar-refractivity contribution in [2.45, 2.75) is 61.8 Å². The zero-order valence-electron chi connectivity index (χ0n) is 25.0. The number of carbonyl (C=O) groups is 2. The number of nitrogens with two attached hydrogens (primary N) is 1. The summed E-state index contributed by atoms with van der Waals surface area (Å²) in [5.41, 5.74) is 6.37. The van der Waals surface area contributed by atoms with E-state index in [9.17, 15) is 23.0 Å². The Morgan fingerprint density at radius 2 is 1.42 bits per heavy atom. The molecule has 1 unspecified atom stereocenters. The lowest BCUT2D eigenvalue weighted by Gasteiger charge is -2.30. The van der Waals surface area contributed by atoms with Crippen molar-refractivity contribution in [1.29, 1.82) is 5.41 Å². The van der Waals surface area contributed by atoms with Gasteiger partial charge >= 0.3 is 7.12 Å². The molecule has 1 saturated carbocycles. The SMILES string of the molecule is N=C(N)NC(CCCB(O)OS(=O)(=O)c1ccccc1)NC(=O)C1(C(=O)NCC(c2ccccc2)c2ccccc2)CCCC1. The van der Waals surface area contributed by atoms with Crippen molar-refractivity contribution < 1.29 is 27.1 Å². The summed E-state index contributed by atoms with van der Waals surface area (Å²) in [7, 11) is -5.77. The van der Waals surface area contributed by atoms with Gasteiger partial charge in [0.2, 0.25) is 11.8 Å². The molecule has 11 nitrogen and oxygen atoms in total. The maximum atomic E-state index is 13.8. The van der Waals surface area contributed by atoms with Crippen LogP contribution < -0.4 is 21.7 Å². The van der Waals surface area contributed by atoms with Gasteiger partial charge in [-0.25, -0.2) is 0 Å². The third kappa shape index (κ3) is 9.16. The maximum Gasteiger partial charge on any atom is 0.471 e. The highest BCUT2D eigenvalue weighted by molar-refractivity contribution is 7.87. The second kappa shape index (κ2) is 15.7. The van der Waals surface area contributed by atoms with Gasteiger partial charge in [-0.05, 0) is 48.8 Å². The standard InChI is InChI=1S/C32H40BN5O6S/c34-31(35)38-28(19-12-22-33(41)44-45(42,43)26-17-8-3-9-18-26)37-30(40)32(20-10-11-21-32)29(39)36-23-27(24-13-4-1-5-14-24)25-15-6-2-7-16-25/h1-9,13-18,27-28,41H,10-12,19-23H2,(H,36,39)(H,37,40)(H4,34,35,38). The molecule has 1 aliphatic carbocycles. The third-order valence-electron chi connectivity index (χ3n) is 8.05. The quantitative estimate of drug-likeness (QED) is 0.0485. The lowest BCUT2D eigenvalue weighted by molar-refractivity contribution is -0.143. The summed E-state index contributed by atoms with van der Waals surface area (Å²) in [4.78, 5) is 27.4. The van der Waals surface area contributed by atoms with E-state index >= 15 is 0 Å². The van der Waals surface area contributed by atoms with E-state index < -0.39 is 34.7 Å². The largest absolute Gasteiger partial charge is 0.471 e. The topological polar surface area (TPSA) is 184 Å². The van der Waals surface area contributed by atoms with Gasteiger partial charge in [0.05, 0.1) is 4.90 Å². The third-order valence-corrected chi connectivity index (χ3v) is 9.37. The molecule has 13 heteroatoms. The minimum Gasteiger partial charge on any atom is -0.426 e. The zero-order valence-corrected chi connectivity index (χ0v) is 25.8. The smallest absolute Gasteiger partial charge is 0.426 e. The highest BCUT2D eigenvalue weighted by Crippen LogP contribution is 2.39. The van der Waals surface area contributed by atoms with Gasteiger partial charge in [0.25, 0.3) is 10.1 Å². The Hall–Kier alpha value is -4.20. The summed E-state index contributed by atoms with van der Waals surface area (Å²) in [6.07, 6.45) is 1.68. The Morgan fingerprint density at radius 1 is 0.889 bits per heavy atom. The Labute approximate surface area is 264 Å². The molecule has 3 aromatic carbocycles. The molecule has 0 saturated heterocycles. The van der Waals surface area contributed by atoms with Crippen LogP contribution in [0, 0.1) is 10.8 Å². The first kappa shape index (κ1) is 33.7. The first-order chi connectivity index (χ1) is 21.6. The van der Waals surface area contributed by atoms with E-state index in [1.54, 1.807) is 18.2 Å². The van der Waals surface area contributed by atoms with E-state index in [1.807, 2.05) is 60.7 Å². The van der Waals surface area contributed by atoms with Crippen LogP contribution in [0.25, 0.3) is 0 Å². The van der Waals surface area contributed by atoms with Gasteiger partial charge in [-0.2, -0.15) is 8.42 Å². The van der Waals surface area contributed by atoms with Gasteiger partial charge in [-0.3, -0.25) is 19.1 Å². The monoisotopic (exact) mass is 633 g/mol. The first-order valence-electron chi connectivity index (χ1n) is 15.1. The molecule has 4 rings (SSSR count). The maximum absolute atomic E-state index is 13.8. The normalized spacial score (nSPS) is 14.8. The molecule has 0 radical (unpaired) electrons. The number of carbonyl (C=O) groups excluding carboxylic acids is 2. The van der Waals surface area contributed by atoms with Gasteiger partial charge in [0.1, 0.15) is 11.6 Å². The van der Waals surface area contributed by atoms with Crippen LogP contribution in [0.1, 0.15) is 55.6 Å². The molecule has 0 bridgehead atoms. The molecule has 0 aromatic heterocycles. The predicted octanol–water partition coefficient (Wildman–Crippen LogP) is 3.09. The fourth-order valence-electron chi connectivity index (χ4n) is 5.70. The highest BCUT2D eigenvalue weighted by Gasteiger charge is 2.48. The number of benzene rings is 3. The zero-order chi connectivity index (χ0) is 32.3. The van der Waals surface area contributed by atoms with Crippen LogP contribution in [-0.2, 0) is 23.8 Å². The summed E-state index contributed by atoms with van der Waals surface area (Å²) >= 11 is 0. The molecule has 3 aromatic rings. The van der Waals surface area contributed by atoms with Crippen LogP contribution in [0.4, 0.5) is 0 Å². The summed E-state index contributed by atoms with van der Waals surface area (Å²) in [5.74, 6) is -1.33. The average molecular weight is 634 g/mol. The summed E-state index contributed by atoms with van der Waals surface area (Å²) < 4.78 is 29.7. The second-order valence-electron chi connectivity index (χ2n) is 11.2. The molecule has 238 valence electrons. The van der Waals surface area contributed by atoms with E-state index in [0.29, 0.717) is 32.2 Å². The lowest BCUT2D eigenvalue weighted by Crippen LogP contribution is -2.57. The molecule has 1 fully saturated rings. The van der Waals surface area contributed by atoms with E-state index in [4.69, 9.17) is 15.2 Å². The van der Waals surface area contributed by atoms with Crippen LogP contribution >= 0.6 is 0 Å². The Bertz CT molecular complexity index is 1480. The molecule has 7 N–H and O–H groups in total. The van der Waals surface area contributed by atoms with Gasteiger partial charge in [-0.15, -0.1) is 0 Å². The van der Waals surface area contributed by atoms with Crippen LogP contribution in [0.3, 0.4) is 0 Å². The highest BCUT2D eigenvalue weighted by atomic mass is 32.2. The average Bonchev–Trinajstić information content (AvgIpc) is 3.54. The minimum absolute atomic E-state index is 0.0655. The number of guanidine groups is 1. The molecule has 1 atom stereocenters. The van der Waals surface area contributed by atoms with Crippen LogP contribution in [-0.4, -0.2) is 51.0 Å². The van der Waals surface area contributed by atoms with Gasteiger partial charge in [-0.1, -0.05) is 98.1 Å². The number of rotatable bonds is 15. The summed E-state index contributed by atoms with van der Waals surface area (Å²) in [6, 6.07) is 27.2. The lowest BCUT2D eigenvalue weighted by atomic mass is 9.82. The molecule has 0 spiro atoms. The molecular formula is C32H40BN5O6S. The Kier molecular flexibility index (Phi) is 11.7. The first-order valence-corrected chi connectivity index (χ1v) is 16.5. The number of nitrogens with one attached hydrogen (secondary N) is 4. The molecule has 0 heterocycles. The summed E-state index contributed by atoms with van der Waals surface area (Å²) in [5, 5.41) is 26.5. The molecular weight excluding hydrogens is 593 g/mol. The van der Waals surface area contributed by atoms with Crippen molar-refractivity contribution in [2.75, 3.05) is 6.54 Å². The van der Waals surface area contributed by atoms with Gasteiger partial charge in [0.15, 0.2) is 5.96 Å². The molecule has 0 aliphatic heterocycles.